The van der Waals surface area contributed by atoms with E-state index in [2.05, 4.69) is 10.3 Å². The number of fused-ring (bicyclic) bond motifs is 1. The van der Waals surface area contributed by atoms with Crippen molar-refractivity contribution in [3.05, 3.63) is 40.5 Å². The molecule has 0 radical (unpaired) electrons. The Hall–Kier alpha value is -2.61. The van der Waals surface area contributed by atoms with E-state index in [1.807, 2.05) is 12.1 Å². The highest BCUT2D eigenvalue weighted by molar-refractivity contribution is 7.17. The Morgan fingerprint density at radius 2 is 2.17 bits per heavy atom. The lowest BCUT2D eigenvalue weighted by molar-refractivity contribution is -0.116. The number of rotatable bonds is 6. The number of hydrogen-bond acceptors (Lipinski definition) is 6. The van der Waals surface area contributed by atoms with Crippen LogP contribution in [-0.4, -0.2) is 41.6 Å². The molecule has 7 nitrogen and oxygen atoms in total. The summed E-state index contributed by atoms with van der Waals surface area (Å²) in [6, 6.07) is 3.84. The number of nitrogens with one attached hydrogen (secondary N) is 1. The molecular weight excluding hydrogens is 400 g/mol. The highest BCUT2D eigenvalue weighted by Crippen LogP contribution is 2.41. The second kappa shape index (κ2) is 9.47. The van der Waals surface area contributed by atoms with Crippen LogP contribution in [0.2, 0.25) is 0 Å². The number of hydrogen-bond donors (Lipinski definition) is 2. The summed E-state index contributed by atoms with van der Waals surface area (Å²) in [6.45, 7) is 2.05. The molecule has 160 valence electrons. The predicted octanol–water partition coefficient (Wildman–Crippen LogP) is 3.63. The van der Waals surface area contributed by atoms with Crippen molar-refractivity contribution in [1.29, 1.82) is 0 Å². The second-order valence-corrected chi connectivity index (χ2v) is 9.14. The van der Waals surface area contributed by atoms with Gasteiger partial charge in [-0.15, -0.1) is 11.3 Å². The highest BCUT2D eigenvalue weighted by Gasteiger charge is 2.27. The van der Waals surface area contributed by atoms with Gasteiger partial charge in [0.25, 0.3) is 0 Å². The summed E-state index contributed by atoms with van der Waals surface area (Å²) in [5.74, 6) is 0.261. The first-order valence-corrected chi connectivity index (χ1v) is 11.4. The molecule has 2 aromatic rings. The number of amides is 2. The van der Waals surface area contributed by atoms with E-state index in [9.17, 15) is 9.59 Å². The summed E-state index contributed by atoms with van der Waals surface area (Å²) >= 11 is 1.56. The van der Waals surface area contributed by atoms with E-state index in [4.69, 9.17) is 10.5 Å². The normalized spacial score (nSPS) is 18.1. The zero-order chi connectivity index (χ0) is 20.9. The van der Waals surface area contributed by atoms with Crippen LogP contribution >= 0.6 is 11.3 Å². The number of nitrogens with zero attached hydrogens (tertiary/aromatic N) is 2. The number of likely N-dealkylation sites (tertiary alicyclic amines) is 1. The Labute approximate surface area is 180 Å². The van der Waals surface area contributed by atoms with E-state index in [0.717, 1.165) is 61.3 Å². The van der Waals surface area contributed by atoms with Crippen molar-refractivity contribution in [3.8, 4) is 0 Å². The van der Waals surface area contributed by atoms with Gasteiger partial charge in [0, 0.05) is 36.8 Å². The zero-order valence-corrected chi connectivity index (χ0v) is 17.9. The fourth-order valence-electron chi connectivity index (χ4n) is 4.09. The van der Waals surface area contributed by atoms with Gasteiger partial charge in [-0.2, -0.15) is 0 Å². The largest absolute Gasteiger partial charge is 0.449 e. The molecule has 2 aromatic heterocycles. The molecule has 1 aliphatic heterocycles. The minimum atomic E-state index is -0.189. The van der Waals surface area contributed by atoms with E-state index in [-0.39, 0.29) is 12.0 Å². The Morgan fingerprint density at radius 3 is 2.93 bits per heavy atom. The van der Waals surface area contributed by atoms with Crippen LogP contribution in [0.25, 0.3) is 0 Å². The number of ether oxygens (including phenoxy) is 1. The predicted molar refractivity (Wildman–Crippen MR) is 118 cm³/mol. The van der Waals surface area contributed by atoms with Gasteiger partial charge in [-0.1, -0.05) is 6.07 Å². The van der Waals surface area contributed by atoms with Gasteiger partial charge in [0.2, 0.25) is 5.91 Å². The number of aryl methyl sites for hydroxylation is 1. The SMILES string of the molecule is Nc1c(NC(=O)CCc2cccnc2)sc2c1CCC(COC(=O)N1CCCC1)C2. The fraction of sp³-hybridized carbons (Fsp3) is 0.500. The van der Waals surface area contributed by atoms with Crippen molar-refractivity contribution in [3.63, 3.8) is 0 Å². The van der Waals surface area contributed by atoms with Crippen LogP contribution in [-0.2, 0) is 28.8 Å². The van der Waals surface area contributed by atoms with E-state index < -0.39 is 0 Å². The Bertz CT molecular complexity index is 893. The molecule has 0 spiro atoms. The topological polar surface area (TPSA) is 97.5 Å². The molecule has 1 unspecified atom stereocenters. The third-order valence-electron chi connectivity index (χ3n) is 5.83. The summed E-state index contributed by atoms with van der Waals surface area (Å²) in [4.78, 5) is 31.6. The van der Waals surface area contributed by atoms with E-state index in [1.165, 1.54) is 4.88 Å². The molecule has 0 saturated carbocycles. The molecule has 2 aliphatic rings. The first-order chi connectivity index (χ1) is 14.6. The van der Waals surface area contributed by atoms with Crippen LogP contribution in [0.1, 0.15) is 41.7 Å². The lowest BCUT2D eigenvalue weighted by Crippen LogP contribution is -2.30. The molecule has 2 amide bonds. The quantitative estimate of drug-likeness (QED) is 0.732. The summed E-state index contributed by atoms with van der Waals surface area (Å²) in [7, 11) is 0. The van der Waals surface area contributed by atoms with Crippen molar-refractivity contribution in [2.24, 2.45) is 5.92 Å². The number of anilines is 2. The van der Waals surface area contributed by atoms with Crippen molar-refractivity contribution in [2.75, 3.05) is 30.7 Å². The van der Waals surface area contributed by atoms with Gasteiger partial charge < -0.3 is 20.7 Å². The number of nitrogen functional groups attached to an aromatic ring is 1. The maximum Gasteiger partial charge on any atom is 0.409 e. The standard InChI is InChI=1S/C22H28N4O3S/c23-20-17-7-5-16(14-29-22(28)26-10-1-2-11-26)12-18(17)30-21(20)25-19(27)8-6-15-4-3-9-24-13-15/h3-4,9,13,16H,1-2,5-8,10-12,14,23H2,(H,25,27). The molecular formula is C22H28N4O3S. The van der Waals surface area contributed by atoms with Crippen molar-refractivity contribution >= 4 is 34.0 Å². The van der Waals surface area contributed by atoms with Crippen LogP contribution in [0.5, 0.6) is 0 Å². The minimum Gasteiger partial charge on any atom is -0.449 e. The molecule has 1 saturated heterocycles. The van der Waals surface area contributed by atoms with Crippen LogP contribution in [0.3, 0.4) is 0 Å². The average Bonchev–Trinajstić information content (AvgIpc) is 3.40. The van der Waals surface area contributed by atoms with Crippen LogP contribution < -0.4 is 11.1 Å². The smallest absolute Gasteiger partial charge is 0.409 e. The van der Waals surface area contributed by atoms with Gasteiger partial charge in [0.15, 0.2) is 0 Å². The number of thiophene rings is 1. The summed E-state index contributed by atoms with van der Waals surface area (Å²) in [6.07, 6.45) is 9.11. The fourth-order valence-corrected chi connectivity index (χ4v) is 5.39. The number of nitrogens with two attached hydrogens (primary N) is 1. The van der Waals surface area contributed by atoms with Gasteiger partial charge >= 0.3 is 6.09 Å². The molecule has 3 N–H and O–H groups in total. The Kier molecular flexibility index (Phi) is 6.52. The minimum absolute atomic E-state index is 0.0414. The van der Waals surface area contributed by atoms with Gasteiger partial charge in [0.1, 0.15) is 5.00 Å². The molecule has 4 rings (SSSR count). The third kappa shape index (κ3) is 4.92. The summed E-state index contributed by atoms with van der Waals surface area (Å²) in [5, 5.41) is 3.72. The lowest BCUT2D eigenvalue weighted by Gasteiger charge is -2.23. The zero-order valence-electron chi connectivity index (χ0n) is 17.1. The third-order valence-corrected chi connectivity index (χ3v) is 7.02. The van der Waals surface area contributed by atoms with Gasteiger partial charge in [-0.05, 0) is 61.6 Å². The first-order valence-electron chi connectivity index (χ1n) is 10.6. The highest BCUT2D eigenvalue weighted by atomic mass is 32.1. The van der Waals surface area contributed by atoms with Gasteiger partial charge in [0.05, 0.1) is 12.3 Å². The lowest BCUT2D eigenvalue weighted by atomic mass is 9.89. The van der Waals surface area contributed by atoms with Gasteiger partial charge in [-0.25, -0.2) is 4.79 Å². The number of carbonyl (C=O) groups excluding carboxylic acids is 2. The molecule has 1 aliphatic carbocycles. The van der Waals surface area contributed by atoms with Crippen LogP contribution in [0.15, 0.2) is 24.5 Å². The van der Waals surface area contributed by atoms with Crippen LogP contribution in [0, 0.1) is 5.92 Å². The van der Waals surface area contributed by atoms with E-state index in [1.54, 1.807) is 28.6 Å². The molecule has 3 heterocycles. The van der Waals surface area contributed by atoms with Crippen molar-refractivity contribution < 1.29 is 14.3 Å². The molecule has 0 bridgehead atoms. The first kappa shape index (κ1) is 20.7. The maximum absolute atomic E-state index is 12.4. The molecule has 8 heteroatoms. The number of aromatic nitrogens is 1. The van der Waals surface area contributed by atoms with Gasteiger partial charge in [-0.3, -0.25) is 9.78 Å². The molecule has 1 fully saturated rings. The van der Waals surface area contributed by atoms with E-state index >= 15 is 0 Å². The molecule has 30 heavy (non-hydrogen) atoms. The van der Waals surface area contributed by atoms with Crippen molar-refractivity contribution in [2.45, 2.75) is 44.9 Å². The molecule has 0 aromatic carbocycles. The van der Waals surface area contributed by atoms with Crippen molar-refractivity contribution in [1.82, 2.24) is 9.88 Å². The Balaban J connectivity index is 1.29. The number of pyridine rings is 1. The van der Waals surface area contributed by atoms with E-state index in [0.29, 0.717) is 31.1 Å². The number of carbonyl (C=O) groups is 2. The monoisotopic (exact) mass is 428 g/mol. The summed E-state index contributed by atoms with van der Waals surface area (Å²) < 4.78 is 5.54. The van der Waals surface area contributed by atoms with Crippen LogP contribution in [0.4, 0.5) is 15.5 Å². The molecule has 1 atom stereocenters. The summed E-state index contributed by atoms with van der Waals surface area (Å²) in [5.41, 5.74) is 9.20. The Morgan fingerprint density at radius 1 is 1.33 bits per heavy atom. The maximum atomic E-state index is 12.4. The average molecular weight is 429 g/mol. The second-order valence-electron chi connectivity index (χ2n) is 8.04.